The van der Waals surface area contributed by atoms with Crippen LogP contribution in [0.1, 0.15) is 38.5 Å². The fraction of sp³-hybridized carbons (Fsp3) is 0.750. The van der Waals surface area contributed by atoms with Crippen LogP contribution in [0.25, 0.3) is 0 Å². The molecule has 4 rings (SSSR count). The number of aliphatic hydroxyl groups excluding tert-OH is 1. The molecule has 3 heterocycles. The molecule has 2 aliphatic heterocycles. The molecule has 21 heavy (non-hydrogen) atoms. The molecule has 3 aliphatic rings. The number of piperidine rings is 1. The van der Waals surface area contributed by atoms with Crippen LogP contribution >= 0.6 is 0 Å². The highest BCUT2D eigenvalue weighted by atomic mass is 16.3. The number of anilines is 2. The molecule has 1 aromatic rings. The van der Waals surface area contributed by atoms with Crippen LogP contribution in [-0.2, 0) is 0 Å². The first-order valence-electron chi connectivity index (χ1n) is 8.24. The second-order valence-electron chi connectivity index (χ2n) is 6.93. The zero-order chi connectivity index (χ0) is 14.3. The average Bonchev–Trinajstić information content (AvgIpc) is 3.10. The lowest BCUT2D eigenvalue weighted by molar-refractivity contribution is 0.266. The van der Waals surface area contributed by atoms with Gasteiger partial charge in [0.2, 0.25) is 0 Å². The first kappa shape index (κ1) is 13.3. The van der Waals surface area contributed by atoms with Crippen LogP contribution in [-0.4, -0.2) is 47.4 Å². The molecule has 1 spiro atoms. The van der Waals surface area contributed by atoms with Gasteiger partial charge in [-0.3, -0.25) is 0 Å². The third-order valence-corrected chi connectivity index (χ3v) is 5.46. The summed E-state index contributed by atoms with van der Waals surface area (Å²) in [4.78, 5) is 13.6. The molecule has 1 unspecified atom stereocenters. The van der Waals surface area contributed by atoms with Gasteiger partial charge in [-0.05, 0) is 43.9 Å². The summed E-state index contributed by atoms with van der Waals surface area (Å²) in [5.41, 5.74) is 0.602. The fourth-order valence-electron chi connectivity index (χ4n) is 3.98. The van der Waals surface area contributed by atoms with Crippen molar-refractivity contribution in [1.29, 1.82) is 0 Å². The van der Waals surface area contributed by atoms with E-state index in [-0.39, 0.29) is 12.6 Å². The monoisotopic (exact) mass is 288 g/mol. The van der Waals surface area contributed by atoms with E-state index in [0.29, 0.717) is 5.41 Å². The number of aromatic nitrogens is 2. The molecule has 0 aromatic carbocycles. The summed E-state index contributed by atoms with van der Waals surface area (Å²) >= 11 is 0. The molecule has 0 radical (unpaired) electrons. The maximum absolute atomic E-state index is 9.50. The molecule has 1 N–H and O–H groups in total. The SMILES string of the molecule is OCC1CCCN1c1cc(N2CCCC3(CC3)C2)ncn1. The van der Waals surface area contributed by atoms with E-state index < -0.39 is 0 Å². The molecule has 5 nitrogen and oxygen atoms in total. The van der Waals surface area contributed by atoms with Crippen molar-refractivity contribution >= 4 is 11.6 Å². The van der Waals surface area contributed by atoms with Gasteiger partial charge in [0.05, 0.1) is 12.6 Å². The van der Waals surface area contributed by atoms with E-state index in [9.17, 15) is 5.11 Å². The molecule has 3 fully saturated rings. The summed E-state index contributed by atoms with van der Waals surface area (Å²) in [5, 5.41) is 9.50. The van der Waals surface area contributed by atoms with Gasteiger partial charge < -0.3 is 14.9 Å². The Morgan fingerprint density at radius 3 is 2.81 bits per heavy atom. The minimum atomic E-state index is 0.214. The Bertz CT molecular complexity index is 517. The van der Waals surface area contributed by atoms with Crippen molar-refractivity contribution in [3.05, 3.63) is 12.4 Å². The van der Waals surface area contributed by atoms with Crippen LogP contribution < -0.4 is 9.80 Å². The standard InChI is InChI=1S/C16H24N4O/c21-10-13-3-1-8-20(13)15-9-14(17-12-18-15)19-7-2-4-16(11-19)5-6-16/h9,12-13,21H,1-8,10-11H2. The third-order valence-electron chi connectivity index (χ3n) is 5.46. The quantitative estimate of drug-likeness (QED) is 0.919. The second-order valence-corrected chi connectivity index (χ2v) is 6.93. The van der Waals surface area contributed by atoms with E-state index in [2.05, 4.69) is 25.8 Å². The summed E-state index contributed by atoms with van der Waals surface area (Å²) in [6, 6.07) is 2.35. The molecule has 5 heteroatoms. The number of aliphatic hydroxyl groups is 1. The Morgan fingerprint density at radius 2 is 2.00 bits per heavy atom. The zero-order valence-electron chi connectivity index (χ0n) is 12.5. The van der Waals surface area contributed by atoms with Crippen LogP contribution in [0.3, 0.4) is 0 Å². The zero-order valence-corrected chi connectivity index (χ0v) is 12.5. The maximum Gasteiger partial charge on any atom is 0.134 e. The van der Waals surface area contributed by atoms with Crippen molar-refractivity contribution in [2.75, 3.05) is 36.0 Å². The molecular formula is C16H24N4O. The van der Waals surface area contributed by atoms with E-state index >= 15 is 0 Å². The smallest absolute Gasteiger partial charge is 0.134 e. The van der Waals surface area contributed by atoms with E-state index in [0.717, 1.165) is 44.1 Å². The van der Waals surface area contributed by atoms with Crippen molar-refractivity contribution in [3.8, 4) is 0 Å². The molecule has 1 aliphatic carbocycles. The number of rotatable bonds is 3. The summed E-state index contributed by atoms with van der Waals surface area (Å²) in [6.45, 7) is 3.48. The Morgan fingerprint density at radius 1 is 1.14 bits per heavy atom. The van der Waals surface area contributed by atoms with Gasteiger partial charge in [0.25, 0.3) is 0 Å². The Kier molecular flexibility index (Phi) is 3.25. The maximum atomic E-state index is 9.50. The first-order valence-corrected chi connectivity index (χ1v) is 8.24. The predicted octanol–water partition coefficient (Wildman–Crippen LogP) is 1.82. The van der Waals surface area contributed by atoms with Gasteiger partial charge in [-0.2, -0.15) is 0 Å². The molecule has 0 amide bonds. The molecular weight excluding hydrogens is 264 g/mol. The van der Waals surface area contributed by atoms with E-state index in [1.165, 1.54) is 25.7 Å². The van der Waals surface area contributed by atoms with Crippen molar-refractivity contribution in [1.82, 2.24) is 9.97 Å². The van der Waals surface area contributed by atoms with Gasteiger partial charge in [-0.15, -0.1) is 0 Å². The minimum Gasteiger partial charge on any atom is -0.394 e. The van der Waals surface area contributed by atoms with Gasteiger partial charge in [0.1, 0.15) is 18.0 Å². The molecule has 114 valence electrons. The van der Waals surface area contributed by atoms with E-state index in [1.807, 2.05) is 0 Å². The number of hydrogen-bond acceptors (Lipinski definition) is 5. The highest BCUT2D eigenvalue weighted by Gasteiger charge is 2.45. The first-order chi connectivity index (χ1) is 10.3. The molecule has 1 saturated carbocycles. The molecule has 0 bridgehead atoms. The average molecular weight is 288 g/mol. The topological polar surface area (TPSA) is 52.5 Å². The summed E-state index contributed by atoms with van der Waals surface area (Å²) in [6.07, 6.45) is 9.33. The van der Waals surface area contributed by atoms with Crippen molar-refractivity contribution < 1.29 is 5.11 Å². The van der Waals surface area contributed by atoms with Gasteiger partial charge in [0, 0.05) is 25.7 Å². The van der Waals surface area contributed by atoms with Crippen LogP contribution in [0, 0.1) is 5.41 Å². The molecule has 2 saturated heterocycles. The lowest BCUT2D eigenvalue weighted by atomic mass is 9.95. The second kappa shape index (κ2) is 5.13. The molecule has 1 aromatic heterocycles. The Balaban J connectivity index is 1.55. The van der Waals surface area contributed by atoms with Crippen LogP contribution in [0.2, 0.25) is 0 Å². The van der Waals surface area contributed by atoms with Gasteiger partial charge in [-0.25, -0.2) is 9.97 Å². The molecule has 1 atom stereocenters. The summed E-state index contributed by atoms with van der Waals surface area (Å²) in [7, 11) is 0. The third kappa shape index (κ3) is 2.48. The fourth-order valence-corrected chi connectivity index (χ4v) is 3.98. The van der Waals surface area contributed by atoms with Crippen LogP contribution in [0.5, 0.6) is 0 Å². The lowest BCUT2D eigenvalue weighted by Gasteiger charge is -2.34. The Labute approximate surface area is 126 Å². The number of hydrogen-bond donors (Lipinski definition) is 1. The highest BCUT2D eigenvalue weighted by molar-refractivity contribution is 5.52. The summed E-state index contributed by atoms with van der Waals surface area (Å²) < 4.78 is 0. The lowest BCUT2D eigenvalue weighted by Crippen LogP contribution is -2.37. The van der Waals surface area contributed by atoms with Crippen LogP contribution in [0.4, 0.5) is 11.6 Å². The van der Waals surface area contributed by atoms with E-state index in [4.69, 9.17) is 0 Å². The van der Waals surface area contributed by atoms with Gasteiger partial charge in [0.15, 0.2) is 0 Å². The van der Waals surface area contributed by atoms with Gasteiger partial charge in [-0.1, -0.05) is 0 Å². The van der Waals surface area contributed by atoms with Crippen molar-refractivity contribution in [2.24, 2.45) is 5.41 Å². The largest absolute Gasteiger partial charge is 0.394 e. The Hall–Kier alpha value is -1.36. The summed E-state index contributed by atoms with van der Waals surface area (Å²) in [5.74, 6) is 2.04. The number of nitrogens with zero attached hydrogens (tertiary/aromatic N) is 4. The normalized spacial score (nSPS) is 27.4. The van der Waals surface area contributed by atoms with Crippen molar-refractivity contribution in [2.45, 2.75) is 44.6 Å². The van der Waals surface area contributed by atoms with Gasteiger partial charge >= 0.3 is 0 Å². The minimum absolute atomic E-state index is 0.214. The predicted molar refractivity (Wildman–Crippen MR) is 82.6 cm³/mol. The van der Waals surface area contributed by atoms with Crippen molar-refractivity contribution in [3.63, 3.8) is 0 Å². The van der Waals surface area contributed by atoms with Crippen LogP contribution in [0.15, 0.2) is 12.4 Å². The van der Waals surface area contributed by atoms with E-state index in [1.54, 1.807) is 6.33 Å². The highest BCUT2D eigenvalue weighted by Crippen LogP contribution is 2.52.